The van der Waals surface area contributed by atoms with Gasteiger partial charge in [0, 0.05) is 30.6 Å². The van der Waals surface area contributed by atoms with Crippen LogP contribution in [-0.4, -0.2) is 25.0 Å². The number of hydrogen-bond acceptors (Lipinski definition) is 3. The molecule has 1 aromatic heterocycles. The summed E-state index contributed by atoms with van der Waals surface area (Å²) in [5.74, 6) is 1.01. The van der Waals surface area contributed by atoms with Crippen molar-refractivity contribution < 1.29 is 4.42 Å². The van der Waals surface area contributed by atoms with E-state index in [1.165, 1.54) is 10.9 Å². The third-order valence-corrected chi connectivity index (χ3v) is 3.28. The maximum absolute atomic E-state index is 5.96. The SMILES string of the molecule is C=CCN(CC=C)Cc1c(CNC)oc2ccccc12. The molecule has 3 nitrogen and oxygen atoms in total. The molecule has 2 rings (SSSR count). The molecule has 0 amide bonds. The Morgan fingerprint density at radius 2 is 1.90 bits per heavy atom. The fraction of sp³-hybridized carbons (Fsp3) is 0.294. The maximum atomic E-state index is 5.96. The van der Waals surface area contributed by atoms with E-state index in [1.807, 2.05) is 31.3 Å². The van der Waals surface area contributed by atoms with Crippen LogP contribution in [-0.2, 0) is 13.1 Å². The molecule has 0 spiro atoms. The first kappa shape index (κ1) is 14.6. The number of fused-ring (bicyclic) bond motifs is 1. The Morgan fingerprint density at radius 3 is 2.55 bits per heavy atom. The Bertz CT molecular complexity index is 576. The van der Waals surface area contributed by atoms with Gasteiger partial charge in [0.15, 0.2) is 0 Å². The molecule has 0 saturated heterocycles. The van der Waals surface area contributed by atoms with Crippen molar-refractivity contribution in [2.24, 2.45) is 0 Å². The molecule has 106 valence electrons. The Morgan fingerprint density at radius 1 is 1.20 bits per heavy atom. The highest BCUT2D eigenvalue weighted by Crippen LogP contribution is 2.27. The zero-order chi connectivity index (χ0) is 14.4. The van der Waals surface area contributed by atoms with Gasteiger partial charge in [-0.3, -0.25) is 4.90 Å². The summed E-state index contributed by atoms with van der Waals surface area (Å²) < 4.78 is 5.96. The first-order valence-corrected chi connectivity index (χ1v) is 6.88. The fourth-order valence-corrected chi connectivity index (χ4v) is 2.42. The second-order valence-corrected chi connectivity index (χ2v) is 4.80. The highest BCUT2D eigenvalue weighted by molar-refractivity contribution is 5.82. The average Bonchev–Trinajstić information content (AvgIpc) is 2.78. The molecule has 2 aromatic rings. The molecule has 0 aliphatic carbocycles. The van der Waals surface area contributed by atoms with E-state index in [0.29, 0.717) is 0 Å². The van der Waals surface area contributed by atoms with Gasteiger partial charge in [0.2, 0.25) is 0 Å². The van der Waals surface area contributed by atoms with E-state index in [9.17, 15) is 0 Å². The minimum absolute atomic E-state index is 0.736. The topological polar surface area (TPSA) is 28.4 Å². The van der Waals surface area contributed by atoms with Crippen LogP contribution in [0.5, 0.6) is 0 Å². The lowest BCUT2D eigenvalue weighted by Gasteiger charge is -2.18. The molecule has 0 aliphatic rings. The molecule has 0 unspecified atom stereocenters. The van der Waals surface area contributed by atoms with Crippen molar-refractivity contribution in [1.82, 2.24) is 10.2 Å². The third-order valence-electron chi connectivity index (χ3n) is 3.28. The van der Waals surface area contributed by atoms with Crippen LogP contribution in [0, 0.1) is 0 Å². The summed E-state index contributed by atoms with van der Waals surface area (Å²) in [6.45, 7) is 10.9. The van der Waals surface area contributed by atoms with Crippen molar-refractivity contribution in [2.45, 2.75) is 13.1 Å². The Labute approximate surface area is 120 Å². The molecule has 0 aliphatic heterocycles. The number of hydrogen-bond donors (Lipinski definition) is 1. The Kier molecular flexibility index (Phi) is 5.16. The summed E-state index contributed by atoms with van der Waals surface area (Å²) in [7, 11) is 1.93. The van der Waals surface area contributed by atoms with Gasteiger partial charge in [0.1, 0.15) is 11.3 Å². The summed E-state index contributed by atoms with van der Waals surface area (Å²) in [6, 6.07) is 8.19. The van der Waals surface area contributed by atoms with E-state index in [2.05, 4.69) is 35.5 Å². The van der Waals surface area contributed by atoms with Gasteiger partial charge in [0.25, 0.3) is 0 Å². The summed E-state index contributed by atoms with van der Waals surface area (Å²) in [5.41, 5.74) is 2.20. The minimum Gasteiger partial charge on any atom is -0.459 e. The molecular formula is C17H22N2O. The van der Waals surface area contributed by atoms with Crippen molar-refractivity contribution in [3.8, 4) is 0 Å². The quantitative estimate of drug-likeness (QED) is 0.746. The van der Waals surface area contributed by atoms with Crippen molar-refractivity contribution in [1.29, 1.82) is 0 Å². The minimum atomic E-state index is 0.736. The van der Waals surface area contributed by atoms with E-state index in [4.69, 9.17) is 4.42 Å². The zero-order valence-electron chi connectivity index (χ0n) is 12.1. The molecule has 0 radical (unpaired) electrons. The molecule has 3 heteroatoms. The molecule has 20 heavy (non-hydrogen) atoms. The number of rotatable bonds is 8. The zero-order valence-corrected chi connectivity index (χ0v) is 12.1. The number of benzene rings is 1. The van der Waals surface area contributed by atoms with Crippen molar-refractivity contribution in [3.05, 3.63) is 60.9 Å². The largest absolute Gasteiger partial charge is 0.459 e. The second kappa shape index (κ2) is 7.08. The Hall–Kier alpha value is -1.84. The Balaban J connectivity index is 2.36. The smallest absolute Gasteiger partial charge is 0.134 e. The van der Waals surface area contributed by atoms with Gasteiger partial charge >= 0.3 is 0 Å². The highest BCUT2D eigenvalue weighted by Gasteiger charge is 2.15. The lowest BCUT2D eigenvalue weighted by atomic mass is 10.1. The van der Waals surface area contributed by atoms with Crippen molar-refractivity contribution >= 4 is 11.0 Å². The lowest BCUT2D eigenvalue weighted by Crippen LogP contribution is -2.24. The van der Waals surface area contributed by atoms with Gasteiger partial charge in [-0.1, -0.05) is 30.4 Å². The summed E-state index contributed by atoms with van der Waals surface area (Å²) in [4.78, 5) is 2.29. The summed E-state index contributed by atoms with van der Waals surface area (Å²) in [6.07, 6.45) is 3.84. The standard InChI is InChI=1S/C17H22N2O/c1-4-10-19(11-5-2)13-15-14-8-6-7-9-16(14)20-17(15)12-18-3/h4-9,18H,1-2,10-13H2,3H3. The lowest BCUT2D eigenvalue weighted by molar-refractivity contribution is 0.324. The maximum Gasteiger partial charge on any atom is 0.134 e. The van der Waals surface area contributed by atoms with E-state index in [0.717, 1.165) is 37.5 Å². The monoisotopic (exact) mass is 270 g/mol. The van der Waals surface area contributed by atoms with Crippen LogP contribution < -0.4 is 5.32 Å². The third kappa shape index (κ3) is 3.18. The normalized spacial score (nSPS) is 11.1. The van der Waals surface area contributed by atoms with Gasteiger partial charge in [-0.05, 0) is 13.1 Å². The van der Waals surface area contributed by atoms with E-state index < -0.39 is 0 Å². The van der Waals surface area contributed by atoms with E-state index in [1.54, 1.807) is 0 Å². The molecule has 1 aromatic carbocycles. The first-order chi connectivity index (χ1) is 9.80. The summed E-state index contributed by atoms with van der Waals surface area (Å²) >= 11 is 0. The van der Waals surface area contributed by atoms with Crippen LogP contribution in [0.25, 0.3) is 11.0 Å². The van der Waals surface area contributed by atoms with Gasteiger partial charge in [0.05, 0.1) is 6.54 Å². The molecule has 1 heterocycles. The van der Waals surface area contributed by atoms with Crippen LogP contribution in [0.4, 0.5) is 0 Å². The predicted molar refractivity (Wildman–Crippen MR) is 84.6 cm³/mol. The van der Waals surface area contributed by atoms with Crippen molar-refractivity contribution in [2.75, 3.05) is 20.1 Å². The van der Waals surface area contributed by atoms with Crippen molar-refractivity contribution in [3.63, 3.8) is 0 Å². The number of para-hydroxylation sites is 1. The van der Waals surface area contributed by atoms with Crippen LogP contribution in [0.15, 0.2) is 54.0 Å². The highest BCUT2D eigenvalue weighted by atomic mass is 16.3. The van der Waals surface area contributed by atoms with Gasteiger partial charge < -0.3 is 9.73 Å². The number of nitrogens with zero attached hydrogens (tertiary/aromatic N) is 1. The molecule has 0 saturated carbocycles. The molecule has 0 bridgehead atoms. The second-order valence-electron chi connectivity index (χ2n) is 4.80. The first-order valence-electron chi connectivity index (χ1n) is 6.88. The molecule has 1 N–H and O–H groups in total. The summed E-state index contributed by atoms with van der Waals surface area (Å²) in [5, 5.41) is 4.36. The average molecular weight is 270 g/mol. The molecule has 0 fully saturated rings. The van der Waals surface area contributed by atoms with Crippen LogP contribution >= 0.6 is 0 Å². The van der Waals surface area contributed by atoms with E-state index in [-0.39, 0.29) is 0 Å². The van der Waals surface area contributed by atoms with E-state index >= 15 is 0 Å². The number of nitrogens with one attached hydrogen (secondary N) is 1. The van der Waals surface area contributed by atoms with Crippen LogP contribution in [0.1, 0.15) is 11.3 Å². The molecule has 0 atom stereocenters. The van der Waals surface area contributed by atoms with Crippen LogP contribution in [0.3, 0.4) is 0 Å². The predicted octanol–water partition coefficient (Wildman–Crippen LogP) is 3.33. The van der Waals surface area contributed by atoms with Gasteiger partial charge in [-0.2, -0.15) is 0 Å². The van der Waals surface area contributed by atoms with Gasteiger partial charge in [-0.25, -0.2) is 0 Å². The molecular weight excluding hydrogens is 248 g/mol. The fourth-order valence-electron chi connectivity index (χ4n) is 2.42. The van der Waals surface area contributed by atoms with Crippen LogP contribution in [0.2, 0.25) is 0 Å². The number of furan rings is 1. The van der Waals surface area contributed by atoms with Gasteiger partial charge in [-0.15, -0.1) is 13.2 Å².